The van der Waals surface area contributed by atoms with Crippen LogP contribution in [0.3, 0.4) is 0 Å². The maximum absolute atomic E-state index is 12.7. The lowest BCUT2D eigenvalue weighted by atomic mass is 9.84. The van der Waals surface area contributed by atoms with Crippen LogP contribution >= 0.6 is 0 Å². The number of rotatable bonds is 5. The Morgan fingerprint density at radius 2 is 2.28 bits per heavy atom. The van der Waals surface area contributed by atoms with Crippen molar-refractivity contribution in [1.82, 2.24) is 14.9 Å². The van der Waals surface area contributed by atoms with E-state index in [-0.39, 0.29) is 17.9 Å². The zero-order valence-electron chi connectivity index (χ0n) is 14.1. The smallest absolute Gasteiger partial charge is 0.226 e. The van der Waals surface area contributed by atoms with Crippen molar-refractivity contribution in [3.63, 3.8) is 0 Å². The molecule has 7 heteroatoms. The number of carbonyl (C=O) groups is 1. The molecule has 132 valence electrons. The van der Waals surface area contributed by atoms with Gasteiger partial charge in [0.25, 0.3) is 0 Å². The molecule has 1 atom stereocenters. The first kappa shape index (κ1) is 16.1. The van der Waals surface area contributed by atoms with Gasteiger partial charge in [0.1, 0.15) is 17.6 Å². The Kier molecular flexibility index (Phi) is 4.65. The van der Waals surface area contributed by atoms with E-state index in [0.717, 1.165) is 25.0 Å². The zero-order valence-corrected chi connectivity index (χ0v) is 14.1. The summed E-state index contributed by atoms with van der Waals surface area (Å²) in [5.74, 6) is 2.56. The van der Waals surface area contributed by atoms with Crippen LogP contribution in [-0.2, 0) is 16.1 Å². The second-order valence-corrected chi connectivity index (χ2v) is 6.48. The molecular formula is C18H22N4O3. The fourth-order valence-corrected chi connectivity index (χ4v) is 3.19. The van der Waals surface area contributed by atoms with Gasteiger partial charge in [-0.25, -0.2) is 9.97 Å². The highest BCUT2D eigenvalue weighted by molar-refractivity contribution is 5.80. The maximum atomic E-state index is 12.7. The molecule has 7 nitrogen and oxygen atoms in total. The predicted octanol–water partition coefficient (Wildman–Crippen LogP) is 2.38. The van der Waals surface area contributed by atoms with Crippen molar-refractivity contribution in [2.24, 2.45) is 5.92 Å². The van der Waals surface area contributed by atoms with Gasteiger partial charge in [-0.3, -0.25) is 4.79 Å². The van der Waals surface area contributed by atoms with Crippen LogP contribution in [0.15, 0.2) is 35.1 Å². The Balaban J connectivity index is 1.48. The molecule has 1 amide bonds. The minimum Gasteiger partial charge on any atom is -0.467 e. The first-order chi connectivity index (χ1) is 12.3. The molecule has 1 saturated heterocycles. The lowest BCUT2D eigenvalue weighted by Crippen LogP contribution is -2.47. The maximum Gasteiger partial charge on any atom is 0.226 e. The van der Waals surface area contributed by atoms with E-state index in [4.69, 9.17) is 9.15 Å². The van der Waals surface area contributed by atoms with Crippen LogP contribution in [-0.4, -0.2) is 40.5 Å². The van der Waals surface area contributed by atoms with Crippen LogP contribution in [0.2, 0.25) is 0 Å². The molecule has 1 aliphatic heterocycles. The summed E-state index contributed by atoms with van der Waals surface area (Å²) in [6.45, 7) is 2.17. The fourth-order valence-electron chi connectivity index (χ4n) is 3.19. The Bertz CT molecular complexity index is 715. The Labute approximate surface area is 146 Å². The third-order valence-electron chi connectivity index (χ3n) is 4.86. The topological polar surface area (TPSA) is 80.5 Å². The number of nitrogens with zero attached hydrogens (tertiary/aromatic N) is 3. The van der Waals surface area contributed by atoms with E-state index in [2.05, 4.69) is 15.3 Å². The summed E-state index contributed by atoms with van der Waals surface area (Å²) in [6, 6.07) is 5.36. The number of anilines is 1. The standard InChI is InChI=1S/C18H22N4O3/c23-18(13-3-1-4-13)22-8-10-24-12-15(22)17-19-7-6-16(21-17)20-11-14-5-2-9-25-14/h2,5-7,9,13,15H,1,3-4,8,10-12H2,(H,19,20,21)/t15-/m0/s1. The Morgan fingerprint density at radius 1 is 1.36 bits per heavy atom. The number of ether oxygens (including phenoxy) is 1. The van der Waals surface area contributed by atoms with E-state index in [1.165, 1.54) is 0 Å². The number of hydrogen-bond donors (Lipinski definition) is 1. The zero-order chi connectivity index (χ0) is 17.1. The highest BCUT2D eigenvalue weighted by Gasteiger charge is 2.36. The van der Waals surface area contributed by atoms with E-state index in [0.29, 0.717) is 37.9 Å². The minimum absolute atomic E-state index is 0.167. The molecule has 1 saturated carbocycles. The van der Waals surface area contributed by atoms with Crippen molar-refractivity contribution in [2.75, 3.05) is 25.1 Å². The largest absolute Gasteiger partial charge is 0.467 e. The number of carbonyl (C=O) groups excluding carboxylic acids is 1. The third kappa shape index (κ3) is 3.51. The van der Waals surface area contributed by atoms with E-state index >= 15 is 0 Å². The van der Waals surface area contributed by atoms with E-state index in [1.807, 2.05) is 23.1 Å². The predicted molar refractivity (Wildman–Crippen MR) is 90.7 cm³/mol. The highest BCUT2D eigenvalue weighted by Crippen LogP contribution is 2.32. The van der Waals surface area contributed by atoms with Crippen molar-refractivity contribution < 1.29 is 13.9 Å². The summed E-state index contributed by atoms with van der Waals surface area (Å²) in [7, 11) is 0. The lowest BCUT2D eigenvalue weighted by molar-refractivity contribution is -0.147. The molecule has 0 aromatic carbocycles. The SMILES string of the molecule is O=C(C1CCC1)N1CCOC[C@H]1c1nccc(NCc2ccco2)n1. The fraction of sp³-hybridized carbons (Fsp3) is 0.500. The van der Waals surface area contributed by atoms with Crippen molar-refractivity contribution in [3.8, 4) is 0 Å². The molecule has 0 radical (unpaired) electrons. The monoisotopic (exact) mass is 342 g/mol. The van der Waals surface area contributed by atoms with Gasteiger partial charge in [-0.05, 0) is 31.0 Å². The summed E-state index contributed by atoms with van der Waals surface area (Å²) >= 11 is 0. The number of aromatic nitrogens is 2. The number of amides is 1. The van der Waals surface area contributed by atoms with Crippen molar-refractivity contribution >= 4 is 11.7 Å². The first-order valence-corrected chi connectivity index (χ1v) is 8.78. The Morgan fingerprint density at radius 3 is 3.04 bits per heavy atom. The van der Waals surface area contributed by atoms with Crippen molar-refractivity contribution in [3.05, 3.63) is 42.2 Å². The van der Waals surface area contributed by atoms with Gasteiger partial charge in [0.15, 0.2) is 5.82 Å². The van der Waals surface area contributed by atoms with Gasteiger partial charge in [-0.2, -0.15) is 0 Å². The van der Waals surface area contributed by atoms with Gasteiger partial charge in [-0.15, -0.1) is 0 Å². The Hall–Kier alpha value is -2.41. The quantitative estimate of drug-likeness (QED) is 0.898. The van der Waals surface area contributed by atoms with Crippen molar-refractivity contribution in [1.29, 1.82) is 0 Å². The summed E-state index contributed by atoms with van der Waals surface area (Å²) in [6.07, 6.45) is 6.50. The molecule has 2 aliphatic rings. The van der Waals surface area contributed by atoms with Crippen molar-refractivity contribution in [2.45, 2.75) is 31.8 Å². The summed E-state index contributed by atoms with van der Waals surface area (Å²) < 4.78 is 10.9. The minimum atomic E-state index is -0.216. The van der Waals surface area contributed by atoms with Crippen LogP contribution in [0, 0.1) is 5.92 Å². The van der Waals surface area contributed by atoms with Crippen LogP contribution in [0.4, 0.5) is 5.82 Å². The molecule has 0 bridgehead atoms. The van der Waals surface area contributed by atoms with Gasteiger partial charge in [0.05, 0.1) is 26.0 Å². The third-order valence-corrected chi connectivity index (χ3v) is 4.86. The van der Waals surface area contributed by atoms with Crippen LogP contribution < -0.4 is 5.32 Å². The lowest BCUT2D eigenvalue weighted by Gasteiger charge is -2.38. The molecule has 0 unspecified atom stereocenters. The molecule has 25 heavy (non-hydrogen) atoms. The summed E-state index contributed by atoms with van der Waals surface area (Å²) in [5.41, 5.74) is 0. The van der Waals surface area contributed by atoms with Gasteiger partial charge in [0.2, 0.25) is 5.91 Å². The molecule has 1 N–H and O–H groups in total. The molecule has 2 aromatic rings. The highest BCUT2D eigenvalue weighted by atomic mass is 16.5. The summed E-state index contributed by atoms with van der Waals surface area (Å²) in [4.78, 5) is 23.6. The molecular weight excluding hydrogens is 320 g/mol. The second kappa shape index (κ2) is 7.23. The van der Waals surface area contributed by atoms with E-state index < -0.39 is 0 Å². The average molecular weight is 342 g/mol. The molecule has 2 aromatic heterocycles. The second-order valence-electron chi connectivity index (χ2n) is 6.48. The average Bonchev–Trinajstić information content (AvgIpc) is 3.12. The molecule has 2 fully saturated rings. The normalized spacial score (nSPS) is 21.0. The van der Waals surface area contributed by atoms with Gasteiger partial charge in [-0.1, -0.05) is 6.42 Å². The van der Waals surface area contributed by atoms with Crippen LogP contribution in [0.5, 0.6) is 0 Å². The van der Waals surface area contributed by atoms with Crippen LogP contribution in [0.25, 0.3) is 0 Å². The molecule has 4 rings (SSSR count). The molecule has 0 spiro atoms. The number of hydrogen-bond acceptors (Lipinski definition) is 6. The molecule has 1 aliphatic carbocycles. The van der Waals surface area contributed by atoms with E-state index in [1.54, 1.807) is 12.5 Å². The first-order valence-electron chi connectivity index (χ1n) is 8.78. The molecule has 3 heterocycles. The van der Waals surface area contributed by atoms with Crippen LogP contribution in [0.1, 0.15) is 36.9 Å². The number of furan rings is 1. The van der Waals surface area contributed by atoms with E-state index in [9.17, 15) is 4.79 Å². The van der Waals surface area contributed by atoms with Gasteiger partial charge >= 0.3 is 0 Å². The van der Waals surface area contributed by atoms with Gasteiger partial charge < -0.3 is 19.4 Å². The number of nitrogens with one attached hydrogen (secondary N) is 1. The number of morpholine rings is 1. The summed E-state index contributed by atoms with van der Waals surface area (Å²) in [5, 5.41) is 3.23. The van der Waals surface area contributed by atoms with Gasteiger partial charge in [0, 0.05) is 18.7 Å².